The van der Waals surface area contributed by atoms with Crippen LogP contribution in [0.5, 0.6) is 0 Å². The Morgan fingerprint density at radius 2 is 2.25 bits per heavy atom. The average molecular weight is 242 g/mol. The third-order valence-electron chi connectivity index (χ3n) is 3.30. The van der Waals surface area contributed by atoms with Gasteiger partial charge in [-0.2, -0.15) is 0 Å². The van der Waals surface area contributed by atoms with Crippen LogP contribution in [0.25, 0.3) is 0 Å². The van der Waals surface area contributed by atoms with Gasteiger partial charge in [0.15, 0.2) is 0 Å². The van der Waals surface area contributed by atoms with Crippen LogP contribution in [0.3, 0.4) is 0 Å². The maximum absolute atomic E-state index is 13.1. The third kappa shape index (κ3) is 2.32. The Morgan fingerprint density at radius 3 is 2.94 bits per heavy atom. The van der Waals surface area contributed by atoms with Gasteiger partial charge in [0, 0.05) is 24.2 Å². The van der Waals surface area contributed by atoms with E-state index in [2.05, 4.69) is 11.8 Å². The lowest BCUT2D eigenvalue weighted by Gasteiger charge is -2.36. The molecule has 1 nitrogen and oxygen atoms in total. The van der Waals surface area contributed by atoms with Crippen molar-refractivity contribution in [3.8, 4) is 0 Å². The molecule has 0 radical (unpaired) electrons. The number of rotatable bonds is 2. The number of halogens is 2. The molecule has 0 aromatic heterocycles. The molecule has 1 aliphatic rings. The zero-order valence-electron chi connectivity index (χ0n) is 9.55. The fourth-order valence-electron chi connectivity index (χ4n) is 2.40. The van der Waals surface area contributed by atoms with Crippen molar-refractivity contribution in [1.82, 2.24) is 0 Å². The van der Waals surface area contributed by atoms with Crippen LogP contribution >= 0.6 is 11.6 Å². The highest BCUT2D eigenvalue weighted by Gasteiger charge is 2.20. The van der Waals surface area contributed by atoms with E-state index in [4.69, 9.17) is 11.6 Å². The van der Waals surface area contributed by atoms with Crippen molar-refractivity contribution in [3.63, 3.8) is 0 Å². The van der Waals surface area contributed by atoms with Crippen molar-refractivity contribution >= 4 is 17.3 Å². The fraction of sp³-hybridized carbons (Fsp3) is 0.538. The highest BCUT2D eigenvalue weighted by atomic mass is 35.5. The van der Waals surface area contributed by atoms with Gasteiger partial charge in [-0.3, -0.25) is 0 Å². The molecule has 1 atom stereocenters. The van der Waals surface area contributed by atoms with Crippen molar-refractivity contribution in [2.45, 2.75) is 38.1 Å². The van der Waals surface area contributed by atoms with Crippen LogP contribution in [0.4, 0.5) is 10.1 Å². The summed E-state index contributed by atoms with van der Waals surface area (Å²) in [4.78, 5) is 2.35. The average Bonchev–Trinajstić information content (AvgIpc) is 2.30. The maximum atomic E-state index is 13.1. The zero-order valence-corrected chi connectivity index (χ0v) is 10.3. The minimum atomic E-state index is -0.205. The molecule has 0 amide bonds. The molecule has 0 N–H and O–H groups in total. The van der Waals surface area contributed by atoms with Crippen LogP contribution < -0.4 is 4.90 Å². The minimum Gasteiger partial charge on any atom is -0.369 e. The van der Waals surface area contributed by atoms with Gasteiger partial charge in [-0.05, 0) is 49.9 Å². The summed E-state index contributed by atoms with van der Waals surface area (Å²) in [5.41, 5.74) is 2.00. The molecule has 16 heavy (non-hydrogen) atoms. The van der Waals surface area contributed by atoms with E-state index in [1.165, 1.54) is 25.3 Å². The topological polar surface area (TPSA) is 3.24 Å². The van der Waals surface area contributed by atoms with Crippen molar-refractivity contribution in [1.29, 1.82) is 0 Å². The van der Waals surface area contributed by atoms with Crippen LogP contribution in [0.15, 0.2) is 18.2 Å². The molecule has 88 valence electrons. The van der Waals surface area contributed by atoms with E-state index in [1.807, 2.05) is 6.07 Å². The monoisotopic (exact) mass is 241 g/mol. The van der Waals surface area contributed by atoms with Gasteiger partial charge in [0.1, 0.15) is 5.82 Å². The molecule has 1 heterocycles. The summed E-state index contributed by atoms with van der Waals surface area (Å²) in [6.45, 7) is 3.28. The molecule has 1 aromatic carbocycles. The van der Waals surface area contributed by atoms with E-state index in [1.54, 1.807) is 6.07 Å². The number of hydrogen-bond acceptors (Lipinski definition) is 1. The fourth-order valence-corrected chi connectivity index (χ4v) is 2.61. The quantitative estimate of drug-likeness (QED) is 0.709. The maximum Gasteiger partial charge on any atom is 0.123 e. The van der Waals surface area contributed by atoms with Crippen LogP contribution in [0.1, 0.15) is 31.7 Å². The lowest BCUT2D eigenvalue weighted by atomic mass is 10.0. The minimum absolute atomic E-state index is 0.205. The van der Waals surface area contributed by atoms with Gasteiger partial charge in [0.2, 0.25) is 0 Å². The summed E-state index contributed by atoms with van der Waals surface area (Å²) in [5, 5.41) is 0. The van der Waals surface area contributed by atoms with E-state index < -0.39 is 0 Å². The van der Waals surface area contributed by atoms with Gasteiger partial charge in [-0.15, -0.1) is 11.6 Å². The molecular weight excluding hydrogens is 225 g/mol. The summed E-state index contributed by atoms with van der Waals surface area (Å²) in [6.07, 6.45) is 3.71. The van der Waals surface area contributed by atoms with Crippen molar-refractivity contribution < 1.29 is 4.39 Å². The van der Waals surface area contributed by atoms with Crippen LogP contribution in [-0.4, -0.2) is 12.6 Å². The van der Waals surface area contributed by atoms with Crippen molar-refractivity contribution in [3.05, 3.63) is 29.6 Å². The summed E-state index contributed by atoms with van der Waals surface area (Å²) in [5.74, 6) is 0.167. The second-order valence-electron chi connectivity index (χ2n) is 4.44. The first-order chi connectivity index (χ1) is 7.72. The number of anilines is 1. The molecule has 1 fully saturated rings. The zero-order chi connectivity index (χ0) is 11.5. The lowest BCUT2D eigenvalue weighted by Crippen LogP contribution is -2.37. The summed E-state index contributed by atoms with van der Waals surface area (Å²) in [6, 6.07) is 5.45. The predicted molar refractivity (Wildman–Crippen MR) is 66.6 cm³/mol. The SMILES string of the molecule is CC1CCCCN1c1ccc(F)cc1CCl. The summed E-state index contributed by atoms with van der Waals surface area (Å²) < 4.78 is 13.1. The van der Waals surface area contributed by atoms with Gasteiger partial charge < -0.3 is 4.90 Å². The van der Waals surface area contributed by atoms with Crippen molar-refractivity contribution in [2.75, 3.05) is 11.4 Å². The van der Waals surface area contributed by atoms with Gasteiger partial charge in [0.05, 0.1) is 0 Å². The molecule has 1 aromatic rings. The molecule has 1 aliphatic heterocycles. The normalized spacial score (nSPS) is 21.2. The first kappa shape index (κ1) is 11.7. The van der Waals surface area contributed by atoms with E-state index in [0.717, 1.165) is 17.8 Å². The second kappa shape index (κ2) is 5.05. The van der Waals surface area contributed by atoms with Gasteiger partial charge in [-0.25, -0.2) is 4.39 Å². The number of hydrogen-bond donors (Lipinski definition) is 0. The number of alkyl halides is 1. The largest absolute Gasteiger partial charge is 0.369 e. The molecule has 0 spiro atoms. The lowest BCUT2D eigenvalue weighted by molar-refractivity contribution is 0.483. The van der Waals surface area contributed by atoms with E-state index in [-0.39, 0.29) is 5.82 Å². The Kier molecular flexibility index (Phi) is 3.70. The number of nitrogens with zero attached hydrogens (tertiary/aromatic N) is 1. The number of benzene rings is 1. The van der Waals surface area contributed by atoms with E-state index >= 15 is 0 Å². The first-order valence-electron chi connectivity index (χ1n) is 5.83. The molecule has 1 unspecified atom stereocenters. The Balaban J connectivity index is 2.30. The standard InChI is InChI=1S/C13H17ClFN/c1-10-4-2-3-7-16(10)13-6-5-12(15)8-11(13)9-14/h5-6,8,10H,2-4,7,9H2,1H3. The van der Waals surface area contributed by atoms with Crippen LogP contribution in [-0.2, 0) is 5.88 Å². The number of piperidine rings is 1. The molecule has 0 saturated carbocycles. The van der Waals surface area contributed by atoms with Crippen molar-refractivity contribution in [2.24, 2.45) is 0 Å². The second-order valence-corrected chi connectivity index (χ2v) is 4.71. The molecule has 1 saturated heterocycles. The Bertz CT molecular complexity index is 367. The molecular formula is C13H17ClFN. The summed E-state index contributed by atoms with van der Waals surface area (Å²) in [7, 11) is 0. The Labute approximate surface area is 101 Å². The Hall–Kier alpha value is -0.760. The molecule has 0 bridgehead atoms. The molecule has 0 aliphatic carbocycles. The molecule has 2 rings (SSSR count). The van der Waals surface area contributed by atoms with Crippen LogP contribution in [0.2, 0.25) is 0 Å². The summed E-state index contributed by atoms with van der Waals surface area (Å²) >= 11 is 5.88. The van der Waals surface area contributed by atoms with Crippen LogP contribution in [0, 0.1) is 5.82 Å². The van der Waals surface area contributed by atoms with E-state index in [9.17, 15) is 4.39 Å². The van der Waals surface area contributed by atoms with Gasteiger partial charge >= 0.3 is 0 Å². The third-order valence-corrected chi connectivity index (χ3v) is 3.59. The Morgan fingerprint density at radius 1 is 1.44 bits per heavy atom. The molecule has 3 heteroatoms. The van der Waals surface area contributed by atoms with E-state index in [0.29, 0.717) is 11.9 Å². The van der Waals surface area contributed by atoms with Gasteiger partial charge in [0.25, 0.3) is 0 Å². The first-order valence-corrected chi connectivity index (χ1v) is 6.37. The predicted octanol–water partition coefficient (Wildman–Crippen LogP) is 3.94. The highest BCUT2D eigenvalue weighted by Crippen LogP contribution is 2.29. The van der Waals surface area contributed by atoms with Gasteiger partial charge in [-0.1, -0.05) is 0 Å². The highest BCUT2D eigenvalue weighted by molar-refractivity contribution is 6.17. The smallest absolute Gasteiger partial charge is 0.123 e.